The summed E-state index contributed by atoms with van der Waals surface area (Å²) in [4.78, 5) is 12.0. The van der Waals surface area contributed by atoms with Crippen molar-refractivity contribution in [2.45, 2.75) is 0 Å². The largest absolute Gasteiger partial charge is 0.336 e. The van der Waals surface area contributed by atoms with Crippen LogP contribution in [0, 0.1) is 0 Å². The molecule has 1 amide bonds. The molecule has 3 nitrogen and oxygen atoms in total. The van der Waals surface area contributed by atoms with E-state index in [0.29, 0.717) is 6.54 Å². The minimum atomic E-state index is -0.190. The molecule has 0 fully saturated rings. The Morgan fingerprint density at radius 3 is 2.67 bits per heavy atom. The molecule has 0 saturated heterocycles. The summed E-state index contributed by atoms with van der Waals surface area (Å²) < 4.78 is 0. The van der Waals surface area contributed by atoms with Crippen molar-refractivity contribution in [2.75, 3.05) is 27.2 Å². The number of carbonyl (C=O) groups is 1. The van der Waals surface area contributed by atoms with E-state index in [4.69, 9.17) is 0 Å². The quantitative estimate of drug-likeness (QED) is 0.560. The minimum absolute atomic E-state index is 0.190. The number of likely N-dealkylation sites (N-methyl/N-ethyl adjacent to an activating group) is 2. The van der Waals surface area contributed by atoms with Crippen LogP contribution >= 0.6 is 12.6 Å². The molecular formula is C5H12N2OS. The first kappa shape index (κ1) is 8.78. The van der Waals surface area contributed by atoms with E-state index in [2.05, 4.69) is 17.9 Å². The van der Waals surface area contributed by atoms with E-state index in [-0.39, 0.29) is 5.24 Å². The second-order valence-corrected chi connectivity index (χ2v) is 2.19. The highest BCUT2D eigenvalue weighted by Crippen LogP contribution is 1.88. The molecular weight excluding hydrogens is 136 g/mol. The van der Waals surface area contributed by atoms with Crippen molar-refractivity contribution >= 4 is 17.9 Å². The van der Waals surface area contributed by atoms with E-state index in [9.17, 15) is 4.79 Å². The summed E-state index contributed by atoms with van der Waals surface area (Å²) >= 11 is 3.63. The van der Waals surface area contributed by atoms with Gasteiger partial charge in [0, 0.05) is 20.1 Å². The van der Waals surface area contributed by atoms with Crippen LogP contribution in [0.5, 0.6) is 0 Å². The normalized spacial score (nSPS) is 9.22. The predicted molar refractivity (Wildman–Crippen MR) is 40.9 cm³/mol. The Kier molecular flexibility index (Phi) is 4.53. The molecule has 0 saturated carbocycles. The van der Waals surface area contributed by atoms with Crippen LogP contribution in [0.1, 0.15) is 0 Å². The fraction of sp³-hybridized carbons (Fsp3) is 0.800. The van der Waals surface area contributed by atoms with E-state index < -0.39 is 0 Å². The third kappa shape index (κ3) is 4.29. The van der Waals surface area contributed by atoms with Crippen molar-refractivity contribution in [3.05, 3.63) is 0 Å². The highest BCUT2D eigenvalue weighted by atomic mass is 32.1. The van der Waals surface area contributed by atoms with Gasteiger partial charge in [0.25, 0.3) is 5.24 Å². The molecule has 0 radical (unpaired) electrons. The molecule has 0 rings (SSSR count). The number of hydrogen-bond acceptors (Lipinski definition) is 2. The summed E-state index contributed by atoms with van der Waals surface area (Å²) in [7, 11) is 3.56. The van der Waals surface area contributed by atoms with E-state index >= 15 is 0 Å². The number of hydrogen-bond donors (Lipinski definition) is 2. The summed E-state index contributed by atoms with van der Waals surface area (Å²) in [5.41, 5.74) is 0. The van der Waals surface area contributed by atoms with Crippen molar-refractivity contribution in [1.29, 1.82) is 0 Å². The lowest BCUT2D eigenvalue weighted by Gasteiger charge is -2.12. The fourth-order valence-corrected chi connectivity index (χ4v) is 0.475. The Bertz CT molecular complexity index is 97.0. The van der Waals surface area contributed by atoms with Crippen LogP contribution in [0.3, 0.4) is 0 Å². The van der Waals surface area contributed by atoms with E-state index in [0.717, 1.165) is 6.54 Å². The zero-order chi connectivity index (χ0) is 7.28. The number of nitrogens with zero attached hydrogens (tertiary/aromatic N) is 1. The lowest BCUT2D eigenvalue weighted by Crippen LogP contribution is -2.28. The van der Waals surface area contributed by atoms with Crippen LogP contribution in [0.4, 0.5) is 4.79 Å². The fourth-order valence-electron chi connectivity index (χ4n) is 0.375. The van der Waals surface area contributed by atoms with Gasteiger partial charge in [0.05, 0.1) is 0 Å². The molecule has 0 aliphatic carbocycles. The number of nitrogens with one attached hydrogen (secondary N) is 1. The average Bonchev–Trinajstić information content (AvgIpc) is 1.82. The van der Waals surface area contributed by atoms with Crippen LogP contribution in [-0.4, -0.2) is 37.3 Å². The van der Waals surface area contributed by atoms with E-state index in [1.807, 2.05) is 7.05 Å². The Morgan fingerprint density at radius 2 is 2.33 bits per heavy atom. The average molecular weight is 148 g/mol. The zero-order valence-electron chi connectivity index (χ0n) is 5.72. The highest BCUT2D eigenvalue weighted by molar-refractivity contribution is 7.96. The van der Waals surface area contributed by atoms with Gasteiger partial charge in [0.1, 0.15) is 0 Å². The Morgan fingerprint density at radius 1 is 1.78 bits per heavy atom. The Hall–Kier alpha value is -0.220. The van der Waals surface area contributed by atoms with Gasteiger partial charge in [-0.2, -0.15) is 0 Å². The van der Waals surface area contributed by atoms with Gasteiger partial charge in [-0.3, -0.25) is 4.79 Å². The molecule has 0 aromatic heterocycles. The zero-order valence-corrected chi connectivity index (χ0v) is 6.61. The van der Waals surface area contributed by atoms with E-state index in [1.54, 1.807) is 11.9 Å². The minimum Gasteiger partial charge on any atom is -0.336 e. The van der Waals surface area contributed by atoms with E-state index in [1.165, 1.54) is 0 Å². The number of thiol groups is 1. The second-order valence-electron chi connectivity index (χ2n) is 1.81. The van der Waals surface area contributed by atoms with Crippen LogP contribution in [0.2, 0.25) is 0 Å². The molecule has 0 unspecified atom stereocenters. The van der Waals surface area contributed by atoms with Gasteiger partial charge in [0.2, 0.25) is 0 Å². The molecule has 0 aliphatic rings. The number of rotatable bonds is 3. The number of amides is 1. The van der Waals surface area contributed by atoms with Crippen molar-refractivity contribution in [2.24, 2.45) is 0 Å². The summed E-state index contributed by atoms with van der Waals surface area (Å²) in [6.07, 6.45) is 0. The van der Waals surface area contributed by atoms with Crippen LogP contribution < -0.4 is 5.32 Å². The molecule has 0 bridgehead atoms. The molecule has 0 aromatic rings. The lowest BCUT2D eigenvalue weighted by molar-refractivity contribution is 0.234. The van der Waals surface area contributed by atoms with Gasteiger partial charge in [-0.05, 0) is 7.05 Å². The summed E-state index contributed by atoms with van der Waals surface area (Å²) in [5, 5.41) is 2.74. The first-order chi connectivity index (χ1) is 4.18. The molecule has 0 heterocycles. The summed E-state index contributed by atoms with van der Waals surface area (Å²) in [5.74, 6) is 0. The molecule has 1 N–H and O–H groups in total. The maximum atomic E-state index is 10.4. The Balaban J connectivity index is 3.27. The highest BCUT2D eigenvalue weighted by Gasteiger charge is 1.99. The van der Waals surface area contributed by atoms with Crippen molar-refractivity contribution in [1.82, 2.24) is 10.2 Å². The molecule has 0 atom stereocenters. The number of carbonyl (C=O) groups excluding carboxylic acids is 1. The molecule has 0 aromatic carbocycles. The van der Waals surface area contributed by atoms with Gasteiger partial charge in [-0.1, -0.05) is 12.6 Å². The third-order valence-corrected chi connectivity index (χ3v) is 1.37. The van der Waals surface area contributed by atoms with Crippen LogP contribution in [0.25, 0.3) is 0 Å². The first-order valence-electron chi connectivity index (χ1n) is 2.77. The van der Waals surface area contributed by atoms with Crippen molar-refractivity contribution in [3.8, 4) is 0 Å². The maximum Gasteiger partial charge on any atom is 0.278 e. The van der Waals surface area contributed by atoms with Gasteiger partial charge < -0.3 is 10.2 Å². The molecule has 9 heavy (non-hydrogen) atoms. The molecule has 54 valence electrons. The van der Waals surface area contributed by atoms with Crippen LogP contribution in [-0.2, 0) is 0 Å². The molecule has 0 aliphatic heterocycles. The maximum absolute atomic E-state index is 10.4. The van der Waals surface area contributed by atoms with Crippen molar-refractivity contribution < 1.29 is 4.79 Å². The molecule has 0 spiro atoms. The van der Waals surface area contributed by atoms with Gasteiger partial charge in [-0.15, -0.1) is 0 Å². The monoisotopic (exact) mass is 148 g/mol. The summed E-state index contributed by atoms with van der Waals surface area (Å²) in [6, 6.07) is 0. The standard InChI is InChI=1S/C5H12N2OS/c1-6-3-4-7(2)5(8)9/h6H,3-4H2,1-2H3,(H,8,9). The smallest absolute Gasteiger partial charge is 0.278 e. The van der Waals surface area contributed by atoms with Gasteiger partial charge >= 0.3 is 0 Å². The van der Waals surface area contributed by atoms with Crippen molar-refractivity contribution in [3.63, 3.8) is 0 Å². The van der Waals surface area contributed by atoms with Gasteiger partial charge in [0.15, 0.2) is 0 Å². The predicted octanol–water partition coefficient (Wildman–Crippen LogP) is 0.187. The first-order valence-corrected chi connectivity index (χ1v) is 3.22. The molecule has 4 heteroatoms. The second kappa shape index (κ2) is 4.64. The van der Waals surface area contributed by atoms with Gasteiger partial charge in [-0.25, -0.2) is 0 Å². The lowest BCUT2D eigenvalue weighted by atomic mass is 10.6. The van der Waals surface area contributed by atoms with Crippen LogP contribution in [0.15, 0.2) is 0 Å². The Labute approximate surface area is 60.8 Å². The third-order valence-electron chi connectivity index (χ3n) is 1.02. The summed E-state index contributed by atoms with van der Waals surface area (Å²) in [6.45, 7) is 1.52. The topological polar surface area (TPSA) is 32.3 Å². The SMILES string of the molecule is CNCCN(C)C(=O)S.